The van der Waals surface area contributed by atoms with E-state index in [1.54, 1.807) is 19.5 Å². The Balaban J connectivity index is 2.16. The SMILES string of the molecule is COc1ccc(C(C(=O)O)C2CC2)c2nc[nH]c12. The zero-order chi connectivity index (χ0) is 12.7. The fourth-order valence-electron chi connectivity index (χ4n) is 2.47. The Labute approximate surface area is 104 Å². The lowest BCUT2D eigenvalue weighted by molar-refractivity contribution is -0.139. The predicted molar refractivity (Wildman–Crippen MR) is 65.7 cm³/mol. The average Bonchev–Trinajstić information content (AvgIpc) is 3.05. The summed E-state index contributed by atoms with van der Waals surface area (Å²) >= 11 is 0. The molecular weight excluding hydrogens is 232 g/mol. The number of ether oxygens (including phenoxy) is 1. The number of aromatic nitrogens is 2. The molecular formula is C13H14N2O3. The number of aromatic amines is 1. The fraction of sp³-hybridized carbons (Fsp3) is 0.385. The molecule has 0 aliphatic heterocycles. The number of imidazole rings is 1. The summed E-state index contributed by atoms with van der Waals surface area (Å²) < 4.78 is 5.24. The van der Waals surface area contributed by atoms with E-state index in [9.17, 15) is 9.90 Å². The lowest BCUT2D eigenvalue weighted by Gasteiger charge is -2.13. The van der Waals surface area contributed by atoms with E-state index in [1.807, 2.05) is 6.07 Å². The van der Waals surface area contributed by atoms with E-state index in [0.29, 0.717) is 11.3 Å². The summed E-state index contributed by atoms with van der Waals surface area (Å²) in [5.74, 6) is -0.296. The number of carboxylic acid groups (broad SMARTS) is 1. The Hall–Kier alpha value is -2.04. The second-order valence-electron chi connectivity index (χ2n) is 4.64. The number of carboxylic acids is 1. The summed E-state index contributed by atoms with van der Waals surface area (Å²) in [4.78, 5) is 18.7. The van der Waals surface area contributed by atoms with E-state index >= 15 is 0 Å². The normalized spacial score (nSPS) is 16.7. The van der Waals surface area contributed by atoms with Crippen LogP contribution in [0.25, 0.3) is 11.0 Å². The molecule has 1 aliphatic rings. The minimum absolute atomic E-state index is 0.246. The van der Waals surface area contributed by atoms with Gasteiger partial charge in [-0.25, -0.2) is 4.98 Å². The number of nitrogens with one attached hydrogen (secondary N) is 1. The van der Waals surface area contributed by atoms with Crippen molar-refractivity contribution in [2.24, 2.45) is 5.92 Å². The van der Waals surface area contributed by atoms with E-state index in [0.717, 1.165) is 23.9 Å². The van der Waals surface area contributed by atoms with Crippen LogP contribution in [0.3, 0.4) is 0 Å². The molecule has 1 aliphatic carbocycles. The van der Waals surface area contributed by atoms with Gasteiger partial charge in [-0.15, -0.1) is 0 Å². The molecule has 0 amide bonds. The Bertz CT molecular complexity index is 601. The summed E-state index contributed by atoms with van der Waals surface area (Å²) in [5.41, 5.74) is 2.25. The van der Waals surface area contributed by atoms with Gasteiger partial charge in [0.15, 0.2) is 0 Å². The number of hydrogen-bond acceptors (Lipinski definition) is 3. The van der Waals surface area contributed by atoms with Crippen LogP contribution in [-0.2, 0) is 4.79 Å². The molecule has 1 atom stereocenters. The van der Waals surface area contributed by atoms with Crippen molar-refractivity contribution in [3.8, 4) is 5.75 Å². The molecule has 2 N–H and O–H groups in total. The number of benzene rings is 1. The topological polar surface area (TPSA) is 75.2 Å². The molecule has 1 aromatic heterocycles. The van der Waals surface area contributed by atoms with Gasteiger partial charge < -0.3 is 14.8 Å². The number of hydrogen-bond donors (Lipinski definition) is 2. The molecule has 3 rings (SSSR count). The zero-order valence-corrected chi connectivity index (χ0v) is 10.0. The van der Waals surface area contributed by atoms with Crippen LogP contribution < -0.4 is 4.74 Å². The second kappa shape index (κ2) is 4.01. The van der Waals surface area contributed by atoms with Crippen LogP contribution in [-0.4, -0.2) is 28.2 Å². The molecule has 1 heterocycles. The third-order valence-corrected chi connectivity index (χ3v) is 3.49. The smallest absolute Gasteiger partial charge is 0.311 e. The third-order valence-electron chi connectivity index (χ3n) is 3.49. The standard InChI is InChI=1S/C13H14N2O3/c1-18-9-5-4-8(11-12(9)15-6-14-11)10(13(16)17)7-2-3-7/h4-7,10H,2-3H2,1H3,(H,14,15)(H,16,17). The van der Waals surface area contributed by atoms with Crippen LogP contribution >= 0.6 is 0 Å². The van der Waals surface area contributed by atoms with Crippen LogP contribution in [0.1, 0.15) is 24.3 Å². The third kappa shape index (κ3) is 1.63. The van der Waals surface area contributed by atoms with E-state index in [4.69, 9.17) is 4.74 Å². The van der Waals surface area contributed by atoms with Crippen LogP contribution in [0.15, 0.2) is 18.5 Å². The summed E-state index contributed by atoms with van der Waals surface area (Å²) in [5, 5.41) is 9.39. The molecule has 18 heavy (non-hydrogen) atoms. The Morgan fingerprint density at radius 3 is 2.94 bits per heavy atom. The van der Waals surface area contributed by atoms with Crippen LogP contribution in [0.4, 0.5) is 0 Å². The number of H-pyrrole nitrogens is 1. The van der Waals surface area contributed by atoms with Crippen molar-refractivity contribution in [3.63, 3.8) is 0 Å². The molecule has 1 saturated carbocycles. The lowest BCUT2D eigenvalue weighted by atomic mass is 9.93. The van der Waals surface area contributed by atoms with Gasteiger partial charge in [-0.1, -0.05) is 6.07 Å². The molecule has 1 fully saturated rings. The number of methoxy groups -OCH3 is 1. The van der Waals surface area contributed by atoms with E-state index in [-0.39, 0.29) is 5.92 Å². The Kier molecular flexibility index (Phi) is 2.47. The second-order valence-corrected chi connectivity index (χ2v) is 4.64. The van der Waals surface area contributed by atoms with Crippen molar-refractivity contribution in [2.45, 2.75) is 18.8 Å². The highest BCUT2D eigenvalue weighted by molar-refractivity contribution is 5.90. The van der Waals surface area contributed by atoms with Crippen LogP contribution in [0.5, 0.6) is 5.75 Å². The summed E-state index contributed by atoms with van der Waals surface area (Å²) in [7, 11) is 1.59. The highest BCUT2D eigenvalue weighted by Gasteiger charge is 2.38. The van der Waals surface area contributed by atoms with Crippen molar-refractivity contribution in [3.05, 3.63) is 24.0 Å². The first-order chi connectivity index (χ1) is 8.72. The number of nitrogens with zero attached hydrogens (tertiary/aromatic N) is 1. The maximum absolute atomic E-state index is 11.4. The number of fused-ring (bicyclic) bond motifs is 1. The van der Waals surface area contributed by atoms with Gasteiger partial charge in [0.1, 0.15) is 11.3 Å². The van der Waals surface area contributed by atoms with Gasteiger partial charge in [0.2, 0.25) is 0 Å². The average molecular weight is 246 g/mol. The van der Waals surface area contributed by atoms with Crippen LogP contribution in [0.2, 0.25) is 0 Å². The predicted octanol–water partition coefficient (Wildman–Crippen LogP) is 2.15. The molecule has 1 unspecified atom stereocenters. The molecule has 0 saturated heterocycles. The number of carbonyl (C=O) groups is 1. The van der Waals surface area contributed by atoms with E-state index in [1.165, 1.54) is 0 Å². The molecule has 0 bridgehead atoms. The number of rotatable bonds is 4. The minimum Gasteiger partial charge on any atom is -0.494 e. The maximum Gasteiger partial charge on any atom is 0.311 e. The highest BCUT2D eigenvalue weighted by atomic mass is 16.5. The largest absolute Gasteiger partial charge is 0.494 e. The van der Waals surface area contributed by atoms with E-state index < -0.39 is 11.9 Å². The summed E-state index contributed by atoms with van der Waals surface area (Å²) in [6.07, 6.45) is 3.53. The van der Waals surface area contributed by atoms with Crippen molar-refractivity contribution in [2.75, 3.05) is 7.11 Å². The Morgan fingerprint density at radius 2 is 2.33 bits per heavy atom. The highest BCUT2D eigenvalue weighted by Crippen LogP contribution is 2.45. The first kappa shape index (κ1) is 11.1. The van der Waals surface area contributed by atoms with Crippen molar-refractivity contribution in [1.29, 1.82) is 0 Å². The quantitative estimate of drug-likeness (QED) is 0.866. The van der Waals surface area contributed by atoms with Gasteiger partial charge in [0, 0.05) is 0 Å². The molecule has 94 valence electrons. The Morgan fingerprint density at radius 1 is 1.56 bits per heavy atom. The van der Waals surface area contributed by atoms with E-state index in [2.05, 4.69) is 9.97 Å². The van der Waals surface area contributed by atoms with Gasteiger partial charge in [-0.05, 0) is 30.4 Å². The van der Waals surface area contributed by atoms with Gasteiger partial charge in [0.05, 0.1) is 24.9 Å². The van der Waals surface area contributed by atoms with Crippen molar-refractivity contribution in [1.82, 2.24) is 9.97 Å². The zero-order valence-electron chi connectivity index (χ0n) is 10.0. The van der Waals surface area contributed by atoms with Gasteiger partial charge in [0.25, 0.3) is 0 Å². The molecule has 5 heteroatoms. The number of aliphatic carboxylic acids is 1. The first-order valence-electron chi connectivity index (χ1n) is 5.95. The summed E-state index contributed by atoms with van der Waals surface area (Å²) in [6, 6.07) is 3.62. The molecule has 5 nitrogen and oxygen atoms in total. The monoisotopic (exact) mass is 246 g/mol. The molecule has 2 aromatic rings. The fourth-order valence-corrected chi connectivity index (χ4v) is 2.47. The maximum atomic E-state index is 11.4. The summed E-state index contributed by atoms with van der Waals surface area (Å²) in [6.45, 7) is 0. The van der Waals surface area contributed by atoms with Crippen molar-refractivity contribution >= 4 is 17.0 Å². The lowest BCUT2D eigenvalue weighted by Crippen LogP contribution is -2.14. The van der Waals surface area contributed by atoms with Crippen molar-refractivity contribution < 1.29 is 14.6 Å². The van der Waals surface area contributed by atoms with Gasteiger partial charge in [-0.2, -0.15) is 0 Å². The van der Waals surface area contributed by atoms with Gasteiger partial charge >= 0.3 is 5.97 Å². The molecule has 0 radical (unpaired) electrons. The molecule has 1 aromatic carbocycles. The molecule has 0 spiro atoms. The first-order valence-corrected chi connectivity index (χ1v) is 5.95. The van der Waals surface area contributed by atoms with Crippen LogP contribution in [0, 0.1) is 5.92 Å². The van der Waals surface area contributed by atoms with Gasteiger partial charge in [-0.3, -0.25) is 4.79 Å². The minimum atomic E-state index is -0.771.